The van der Waals surface area contributed by atoms with Gasteiger partial charge in [0.2, 0.25) is 6.23 Å². The molecule has 1 atom stereocenters. The normalized spacial score (nSPS) is 22.7. The van der Waals surface area contributed by atoms with Crippen LogP contribution in [0.3, 0.4) is 0 Å². The maximum atomic E-state index is 12.0. The molecule has 1 unspecified atom stereocenters. The van der Waals surface area contributed by atoms with Crippen molar-refractivity contribution in [2.45, 2.75) is 12.8 Å². The third-order valence-corrected chi connectivity index (χ3v) is 3.10. The molecule has 1 aromatic rings. The van der Waals surface area contributed by atoms with Crippen molar-refractivity contribution in [2.24, 2.45) is 0 Å². The zero-order chi connectivity index (χ0) is 12.4. The maximum Gasteiger partial charge on any atom is 0.411 e. The monoisotopic (exact) mass is 249 g/mol. The number of nitrogens with one attached hydrogen (secondary N) is 2. The van der Waals surface area contributed by atoms with Gasteiger partial charge in [0, 0.05) is 45.1 Å². The van der Waals surface area contributed by atoms with Crippen LogP contribution in [0.5, 0.6) is 0 Å². The predicted molar refractivity (Wildman–Crippen MR) is 62.5 cm³/mol. The Labute approximate surface area is 105 Å². The number of amides is 1. The number of hydrogen-bond donors (Lipinski definition) is 2. The van der Waals surface area contributed by atoms with Crippen molar-refractivity contribution >= 4 is 6.09 Å². The molecular formula is C11H15N5O2. The van der Waals surface area contributed by atoms with Crippen molar-refractivity contribution < 1.29 is 9.53 Å². The Morgan fingerprint density at radius 1 is 1.33 bits per heavy atom. The molecule has 18 heavy (non-hydrogen) atoms. The largest absolute Gasteiger partial charge is 0.424 e. The summed E-state index contributed by atoms with van der Waals surface area (Å²) in [5.74, 6) is 0. The predicted octanol–water partition coefficient (Wildman–Crippen LogP) is -0.380. The van der Waals surface area contributed by atoms with E-state index in [1.54, 1.807) is 17.3 Å². The van der Waals surface area contributed by atoms with E-state index in [1.807, 2.05) is 0 Å². The van der Waals surface area contributed by atoms with E-state index in [1.165, 1.54) is 0 Å². The molecule has 1 aromatic heterocycles. The molecule has 0 aromatic carbocycles. The number of carbonyl (C=O) groups is 1. The van der Waals surface area contributed by atoms with E-state index in [9.17, 15) is 4.79 Å². The second kappa shape index (κ2) is 4.87. The summed E-state index contributed by atoms with van der Waals surface area (Å²) in [5, 5.41) is 6.27. The van der Waals surface area contributed by atoms with E-state index in [0.29, 0.717) is 25.3 Å². The number of carbonyl (C=O) groups excluding carboxylic acids is 1. The Hall–Kier alpha value is -1.73. The summed E-state index contributed by atoms with van der Waals surface area (Å²) < 4.78 is 5.42. The van der Waals surface area contributed by atoms with E-state index >= 15 is 0 Å². The first-order valence-electron chi connectivity index (χ1n) is 6.04. The average Bonchev–Trinajstić information content (AvgIpc) is 2.83. The lowest BCUT2D eigenvalue weighted by Crippen LogP contribution is -2.47. The number of rotatable bonds is 1. The van der Waals surface area contributed by atoms with Gasteiger partial charge in [0.05, 0.1) is 5.69 Å². The number of aromatic nitrogens is 2. The Morgan fingerprint density at radius 3 is 2.94 bits per heavy atom. The number of ether oxygens (including phenoxy) is 1. The molecule has 0 aliphatic carbocycles. The molecule has 3 rings (SSSR count). The first kappa shape index (κ1) is 11.4. The van der Waals surface area contributed by atoms with Gasteiger partial charge in [0.1, 0.15) is 5.69 Å². The molecule has 2 N–H and O–H groups in total. The standard InChI is InChI=1S/C11H15N5O2/c17-11(16-5-3-12-4-6-16)18-10-9-8(7-15-10)13-1-2-14-9/h1-2,10,12,15H,3-7H2. The molecule has 1 fully saturated rings. The van der Waals surface area contributed by atoms with Gasteiger partial charge in [-0.15, -0.1) is 0 Å². The van der Waals surface area contributed by atoms with Crippen LogP contribution in [0.1, 0.15) is 17.6 Å². The quantitative estimate of drug-likeness (QED) is 0.706. The van der Waals surface area contributed by atoms with Crippen LogP contribution in [0.4, 0.5) is 4.79 Å². The SMILES string of the molecule is O=C(OC1NCc2nccnc21)N1CCNCC1. The van der Waals surface area contributed by atoms with Crippen LogP contribution >= 0.6 is 0 Å². The zero-order valence-corrected chi connectivity index (χ0v) is 9.93. The van der Waals surface area contributed by atoms with Gasteiger partial charge in [0.25, 0.3) is 0 Å². The highest BCUT2D eigenvalue weighted by Gasteiger charge is 2.29. The van der Waals surface area contributed by atoms with Gasteiger partial charge in [-0.2, -0.15) is 0 Å². The van der Waals surface area contributed by atoms with E-state index in [0.717, 1.165) is 18.8 Å². The van der Waals surface area contributed by atoms with E-state index in [-0.39, 0.29) is 6.09 Å². The van der Waals surface area contributed by atoms with Gasteiger partial charge < -0.3 is 15.0 Å². The van der Waals surface area contributed by atoms with Gasteiger partial charge in [-0.25, -0.2) is 4.79 Å². The smallest absolute Gasteiger partial charge is 0.411 e. The Morgan fingerprint density at radius 2 is 2.11 bits per heavy atom. The molecule has 0 bridgehead atoms. The summed E-state index contributed by atoms with van der Waals surface area (Å²) in [7, 11) is 0. The molecule has 0 radical (unpaired) electrons. The van der Waals surface area contributed by atoms with Crippen LogP contribution in [0.2, 0.25) is 0 Å². The van der Waals surface area contributed by atoms with Crippen LogP contribution in [0.15, 0.2) is 12.4 Å². The van der Waals surface area contributed by atoms with E-state index in [2.05, 4.69) is 20.6 Å². The molecule has 0 spiro atoms. The zero-order valence-electron chi connectivity index (χ0n) is 9.93. The Balaban J connectivity index is 1.65. The highest BCUT2D eigenvalue weighted by atomic mass is 16.6. The maximum absolute atomic E-state index is 12.0. The molecule has 2 aliphatic rings. The second-order valence-corrected chi connectivity index (χ2v) is 4.27. The van der Waals surface area contributed by atoms with Crippen LogP contribution in [-0.4, -0.2) is 47.1 Å². The third-order valence-electron chi connectivity index (χ3n) is 3.10. The topological polar surface area (TPSA) is 79.4 Å². The molecular weight excluding hydrogens is 234 g/mol. The fourth-order valence-corrected chi connectivity index (χ4v) is 2.14. The molecule has 96 valence electrons. The summed E-state index contributed by atoms with van der Waals surface area (Å²) in [6.45, 7) is 3.56. The average molecular weight is 249 g/mol. The van der Waals surface area contributed by atoms with Gasteiger partial charge in [-0.1, -0.05) is 0 Å². The van der Waals surface area contributed by atoms with Crippen molar-refractivity contribution in [2.75, 3.05) is 26.2 Å². The van der Waals surface area contributed by atoms with Crippen LogP contribution in [-0.2, 0) is 11.3 Å². The lowest BCUT2D eigenvalue weighted by molar-refractivity contribution is 0.0469. The van der Waals surface area contributed by atoms with Crippen LogP contribution in [0.25, 0.3) is 0 Å². The minimum atomic E-state index is -0.476. The fraction of sp³-hybridized carbons (Fsp3) is 0.545. The summed E-state index contributed by atoms with van der Waals surface area (Å²) in [6.07, 6.45) is 2.47. The Kier molecular flexibility index (Phi) is 3.07. The summed E-state index contributed by atoms with van der Waals surface area (Å²) in [4.78, 5) is 22.0. The van der Waals surface area contributed by atoms with Gasteiger partial charge in [0.15, 0.2) is 0 Å². The van der Waals surface area contributed by atoms with E-state index in [4.69, 9.17) is 4.74 Å². The number of piperazine rings is 1. The number of fused-ring (bicyclic) bond motifs is 1. The molecule has 7 nitrogen and oxygen atoms in total. The number of hydrogen-bond acceptors (Lipinski definition) is 6. The second-order valence-electron chi connectivity index (χ2n) is 4.27. The van der Waals surface area contributed by atoms with Crippen molar-refractivity contribution in [3.8, 4) is 0 Å². The fourth-order valence-electron chi connectivity index (χ4n) is 2.14. The van der Waals surface area contributed by atoms with Crippen molar-refractivity contribution in [1.29, 1.82) is 0 Å². The third kappa shape index (κ3) is 2.14. The number of nitrogens with zero attached hydrogens (tertiary/aromatic N) is 3. The minimum absolute atomic E-state index is 0.299. The molecule has 1 saturated heterocycles. The molecule has 2 aliphatic heterocycles. The molecule has 7 heteroatoms. The van der Waals surface area contributed by atoms with Gasteiger partial charge >= 0.3 is 6.09 Å². The van der Waals surface area contributed by atoms with Gasteiger partial charge in [-0.3, -0.25) is 15.3 Å². The molecule has 0 saturated carbocycles. The lowest BCUT2D eigenvalue weighted by Gasteiger charge is -2.27. The summed E-state index contributed by atoms with van der Waals surface area (Å²) >= 11 is 0. The highest BCUT2D eigenvalue weighted by molar-refractivity contribution is 5.68. The summed E-state index contributed by atoms with van der Waals surface area (Å²) in [6, 6.07) is 0. The van der Waals surface area contributed by atoms with Crippen molar-refractivity contribution in [1.82, 2.24) is 25.5 Å². The Bertz CT molecular complexity index is 447. The van der Waals surface area contributed by atoms with E-state index < -0.39 is 6.23 Å². The highest BCUT2D eigenvalue weighted by Crippen LogP contribution is 2.22. The first-order valence-corrected chi connectivity index (χ1v) is 6.04. The first-order chi connectivity index (χ1) is 8.84. The van der Waals surface area contributed by atoms with Crippen molar-refractivity contribution in [3.05, 3.63) is 23.8 Å². The van der Waals surface area contributed by atoms with Gasteiger partial charge in [-0.05, 0) is 0 Å². The summed E-state index contributed by atoms with van der Waals surface area (Å²) in [5.41, 5.74) is 1.55. The lowest BCUT2D eigenvalue weighted by atomic mass is 10.3. The molecule has 3 heterocycles. The minimum Gasteiger partial charge on any atom is -0.424 e. The molecule has 1 amide bonds. The van der Waals surface area contributed by atoms with Crippen LogP contribution in [0, 0.1) is 0 Å². The van der Waals surface area contributed by atoms with Crippen LogP contribution < -0.4 is 10.6 Å². The van der Waals surface area contributed by atoms with Crippen molar-refractivity contribution in [3.63, 3.8) is 0 Å².